The first-order valence-electron chi connectivity index (χ1n) is 11.5. The molecular weight excluding hydrogens is 470 g/mol. The molecule has 3 aromatic rings. The van der Waals surface area contributed by atoms with Gasteiger partial charge < -0.3 is 10.2 Å². The van der Waals surface area contributed by atoms with E-state index in [1.54, 1.807) is 12.1 Å². The van der Waals surface area contributed by atoms with Crippen LogP contribution in [0.2, 0.25) is 0 Å². The third kappa shape index (κ3) is 5.06. The molecule has 1 amide bonds. The number of sulfonamides is 1. The number of rotatable bonds is 7. The number of aryl methyl sites for hydroxylation is 1. The Morgan fingerprint density at radius 1 is 1.03 bits per heavy atom. The fraction of sp³-hybridized carbons (Fsp3) is 0.346. The summed E-state index contributed by atoms with van der Waals surface area (Å²) in [6.45, 7) is 8.34. The van der Waals surface area contributed by atoms with Crippen molar-refractivity contribution in [1.82, 2.24) is 4.31 Å². The highest BCUT2D eigenvalue weighted by molar-refractivity contribution is 7.89. The Morgan fingerprint density at radius 3 is 2.41 bits per heavy atom. The van der Waals surface area contributed by atoms with E-state index in [-0.39, 0.29) is 23.2 Å². The van der Waals surface area contributed by atoms with E-state index in [2.05, 4.69) is 30.1 Å². The number of hydrogen-bond acceptors (Lipinski definition) is 4. The lowest BCUT2D eigenvalue weighted by Gasteiger charge is -2.25. The molecule has 0 saturated carbocycles. The van der Waals surface area contributed by atoms with Crippen molar-refractivity contribution in [2.75, 3.05) is 29.9 Å². The molecule has 1 atom stereocenters. The number of amides is 1. The lowest BCUT2D eigenvalue weighted by atomic mass is 10.1. The zero-order valence-corrected chi connectivity index (χ0v) is 21.5. The lowest BCUT2D eigenvalue weighted by Crippen LogP contribution is -2.43. The van der Waals surface area contributed by atoms with Crippen LogP contribution in [-0.4, -0.2) is 44.3 Å². The minimum atomic E-state index is -3.79. The van der Waals surface area contributed by atoms with Gasteiger partial charge in [0.25, 0.3) is 0 Å². The summed E-state index contributed by atoms with van der Waals surface area (Å²) in [4.78, 5) is 15.6. The predicted octanol–water partition coefficient (Wildman–Crippen LogP) is 5.21. The standard InChI is InChI=1S/C26H31N3O3S.ClH/c1-4-28(5-2)22-13-15-24(19(3)17-22)27-26(30)25-11-8-16-29(25)33(31,32)23-14-12-20-9-6-7-10-21(20)18-23;/h6-7,9-10,12-15,17-18,25H,4-5,8,11,16H2,1-3H3,(H,27,30);1H. The minimum Gasteiger partial charge on any atom is -0.372 e. The van der Waals surface area contributed by atoms with Crippen LogP contribution in [0.3, 0.4) is 0 Å². The molecule has 3 aromatic carbocycles. The predicted molar refractivity (Wildman–Crippen MR) is 141 cm³/mol. The number of carbonyl (C=O) groups is 1. The second-order valence-corrected chi connectivity index (χ2v) is 10.3. The molecule has 1 unspecified atom stereocenters. The molecule has 1 saturated heterocycles. The normalized spacial score (nSPS) is 16.3. The zero-order valence-electron chi connectivity index (χ0n) is 19.8. The van der Waals surface area contributed by atoms with Crippen molar-refractivity contribution < 1.29 is 13.2 Å². The molecule has 1 N–H and O–H groups in total. The molecule has 0 aliphatic carbocycles. The third-order valence-corrected chi connectivity index (χ3v) is 8.33. The molecule has 0 spiro atoms. The fourth-order valence-corrected chi connectivity index (χ4v) is 6.24. The molecule has 34 heavy (non-hydrogen) atoms. The van der Waals surface area contributed by atoms with Crippen LogP contribution in [-0.2, 0) is 14.8 Å². The van der Waals surface area contributed by atoms with Crippen LogP contribution in [0.15, 0.2) is 65.6 Å². The Balaban J connectivity index is 0.00000324. The molecule has 1 fully saturated rings. The summed E-state index contributed by atoms with van der Waals surface area (Å²) in [5, 5.41) is 4.82. The van der Waals surface area contributed by atoms with Crippen molar-refractivity contribution >= 4 is 50.5 Å². The van der Waals surface area contributed by atoms with Crippen LogP contribution in [0, 0.1) is 6.92 Å². The number of carbonyl (C=O) groups excluding carboxylic acids is 1. The van der Waals surface area contributed by atoms with E-state index in [1.165, 1.54) is 4.31 Å². The Kier molecular flexibility index (Phi) is 8.23. The van der Waals surface area contributed by atoms with E-state index in [9.17, 15) is 13.2 Å². The molecule has 8 heteroatoms. The Hall–Kier alpha value is -2.61. The van der Waals surface area contributed by atoms with Gasteiger partial charge in [0.15, 0.2) is 0 Å². The number of nitrogens with zero attached hydrogens (tertiary/aromatic N) is 2. The molecule has 1 aliphatic heterocycles. The summed E-state index contributed by atoms with van der Waals surface area (Å²) in [6, 6.07) is 18.0. The highest BCUT2D eigenvalue weighted by Crippen LogP contribution is 2.30. The number of anilines is 2. The largest absolute Gasteiger partial charge is 0.372 e. The Labute approximate surface area is 208 Å². The van der Waals surface area contributed by atoms with Gasteiger partial charge in [-0.2, -0.15) is 4.31 Å². The third-order valence-electron chi connectivity index (χ3n) is 6.43. The van der Waals surface area contributed by atoms with Crippen molar-refractivity contribution in [3.63, 3.8) is 0 Å². The summed E-state index contributed by atoms with van der Waals surface area (Å²) in [5.74, 6) is -0.282. The van der Waals surface area contributed by atoms with Gasteiger partial charge in [-0.25, -0.2) is 8.42 Å². The number of halogens is 1. The molecule has 0 aromatic heterocycles. The maximum Gasteiger partial charge on any atom is 0.243 e. The van der Waals surface area contributed by atoms with Gasteiger partial charge in [-0.15, -0.1) is 12.4 Å². The Morgan fingerprint density at radius 2 is 1.74 bits per heavy atom. The van der Waals surface area contributed by atoms with Gasteiger partial charge in [-0.05, 0) is 80.3 Å². The highest BCUT2D eigenvalue weighted by atomic mass is 35.5. The molecule has 0 radical (unpaired) electrons. The van der Waals surface area contributed by atoms with Gasteiger partial charge in [-0.1, -0.05) is 30.3 Å². The van der Waals surface area contributed by atoms with Crippen LogP contribution in [0.1, 0.15) is 32.3 Å². The summed E-state index contributed by atoms with van der Waals surface area (Å²) in [7, 11) is -3.79. The monoisotopic (exact) mass is 501 g/mol. The first kappa shape index (κ1) is 26.0. The van der Waals surface area contributed by atoms with Crippen LogP contribution >= 0.6 is 12.4 Å². The molecule has 0 bridgehead atoms. The van der Waals surface area contributed by atoms with E-state index in [0.29, 0.717) is 25.1 Å². The average molecular weight is 502 g/mol. The topological polar surface area (TPSA) is 69.7 Å². The van der Waals surface area contributed by atoms with E-state index >= 15 is 0 Å². The second kappa shape index (κ2) is 10.8. The maximum atomic E-state index is 13.4. The SMILES string of the molecule is CCN(CC)c1ccc(NC(=O)C2CCCN2S(=O)(=O)c2ccc3ccccc3c2)c(C)c1.Cl. The summed E-state index contributed by atoms with van der Waals surface area (Å²) >= 11 is 0. The van der Waals surface area contributed by atoms with Crippen LogP contribution in [0.4, 0.5) is 11.4 Å². The number of nitrogens with one attached hydrogen (secondary N) is 1. The van der Waals surface area contributed by atoms with Gasteiger partial charge in [0.05, 0.1) is 4.90 Å². The molecule has 1 aliphatic rings. The summed E-state index contributed by atoms with van der Waals surface area (Å²) in [5.41, 5.74) is 2.78. The highest BCUT2D eigenvalue weighted by Gasteiger charge is 2.39. The van der Waals surface area contributed by atoms with Gasteiger partial charge in [-0.3, -0.25) is 4.79 Å². The molecule has 1 heterocycles. The van der Waals surface area contributed by atoms with Crippen molar-refractivity contribution in [2.45, 2.75) is 44.6 Å². The smallest absolute Gasteiger partial charge is 0.243 e. The quantitative estimate of drug-likeness (QED) is 0.482. The molecule has 4 rings (SSSR count). The van der Waals surface area contributed by atoms with Crippen molar-refractivity contribution in [1.29, 1.82) is 0 Å². The van der Waals surface area contributed by atoms with Crippen molar-refractivity contribution in [3.8, 4) is 0 Å². The van der Waals surface area contributed by atoms with E-state index in [0.717, 1.165) is 35.1 Å². The first-order valence-corrected chi connectivity index (χ1v) is 13.0. The van der Waals surface area contributed by atoms with Crippen LogP contribution in [0.5, 0.6) is 0 Å². The maximum absolute atomic E-state index is 13.4. The van der Waals surface area contributed by atoms with Gasteiger partial charge in [0.2, 0.25) is 15.9 Å². The minimum absolute atomic E-state index is 0. The van der Waals surface area contributed by atoms with Crippen molar-refractivity contribution in [2.24, 2.45) is 0 Å². The molecule has 6 nitrogen and oxygen atoms in total. The molecular formula is C26H32ClN3O3S. The van der Waals surface area contributed by atoms with Crippen molar-refractivity contribution in [3.05, 3.63) is 66.2 Å². The number of benzene rings is 3. The molecule has 182 valence electrons. The average Bonchev–Trinajstić information content (AvgIpc) is 3.32. The number of hydrogen-bond donors (Lipinski definition) is 1. The van der Waals surface area contributed by atoms with E-state index in [1.807, 2.05) is 49.4 Å². The first-order chi connectivity index (χ1) is 15.8. The lowest BCUT2D eigenvalue weighted by molar-refractivity contribution is -0.119. The zero-order chi connectivity index (χ0) is 23.6. The van der Waals surface area contributed by atoms with E-state index in [4.69, 9.17) is 0 Å². The van der Waals surface area contributed by atoms with Crippen LogP contribution in [0.25, 0.3) is 10.8 Å². The Bertz CT molecular complexity index is 1280. The fourth-order valence-electron chi connectivity index (χ4n) is 4.54. The summed E-state index contributed by atoms with van der Waals surface area (Å²) < 4.78 is 28.2. The van der Waals surface area contributed by atoms with E-state index < -0.39 is 16.1 Å². The number of fused-ring (bicyclic) bond motifs is 1. The summed E-state index contributed by atoms with van der Waals surface area (Å²) in [6.07, 6.45) is 1.17. The van der Waals surface area contributed by atoms with Crippen LogP contribution < -0.4 is 10.2 Å². The van der Waals surface area contributed by atoms with Gasteiger partial charge in [0, 0.05) is 31.0 Å². The van der Waals surface area contributed by atoms with Gasteiger partial charge in [0.1, 0.15) is 6.04 Å². The van der Waals surface area contributed by atoms with Gasteiger partial charge >= 0.3 is 0 Å². The second-order valence-electron chi connectivity index (χ2n) is 8.44.